The van der Waals surface area contributed by atoms with E-state index in [1.165, 1.54) is 28.7 Å². The number of para-hydroxylation sites is 1. The second kappa shape index (κ2) is 12.0. The number of rotatable bonds is 9. The average molecular weight is 591 g/mol. The van der Waals surface area contributed by atoms with Crippen LogP contribution in [0.15, 0.2) is 108 Å². The molecule has 5 rings (SSSR count). The minimum Gasteiger partial charge on any atom is -0.457 e. The van der Waals surface area contributed by atoms with Crippen LogP contribution in [-0.4, -0.2) is 30.8 Å². The van der Waals surface area contributed by atoms with Crippen molar-refractivity contribution in [1.82, 2.24) is 9.29 Å². The fourth-order valence-electron chi connectivity index (χ4n) is 5.03. The number of ether oxygens (including phenoxy) is 1. The van der Waals surface area contributed by atoms with Crippen molar-refractivity contribution < 1.29 is 26.3 Å². The normalized spacial score (nSPS) is 12.1. The van der Waals surface area contributed by atoms with Crippen LogP contribution in [0.1, 0.15) is 30.5 Å². The van der Waals surface area contributed by atoms with Crippen LogP contribution in [0.4, 0.5) is 13.2 Å². The molecule has 42 heavy (non-hydrogen) atoms. The van der Waals surface area contributed by atoms with Crippen LogP contribution < -0.4 is 4.74 Å². The fourth-order valence-corrected chi connectivity index (χ4v) is 6.49. The largest absolute Gasteiger partial charge is 0.457 e. The molecule has 5 nitrogen and oxygen atoms in total. The van der Waals surface area contributed by atoms with Gasteiger partial charge in [-0.2, -0.15) is 17.5 Å². The van der Waals surface area contributed by atoms with E-state index in [0.29, 0.717) is 47.5 Å². The summed E-state index contributed by atoms with van der Waals surface area (Å²) in [6.07, 6.45) is -2.56. The zero-order valence-corrected chi connectivity index (χ0v) is 23.9. The average Bonchev–Trinajstić information content (AvgIpc) is 2.97. The van der Waals surface area contributed by atoms with Crippen molar-refractivity contribution in [2.24, 2.45) is 0 Å². The zero-order valence-electron chi connectivity index (χ0n) is 23.1. The van der Waals surface area contributed by atoms with Crippen molar-refractivity contribution in [3.8, 4) is 22.6 Å². The minimum absolute atomic E-state index is 0.117. The maximum Gasteiger partial charge on any atom is 0.418 e. The summed E-state index contributed by atoms with van der Waals surface area (Å²) in [5.41, 5.74) is 2.18. The fraction of sp³-hybridized carbons (Fsp3) is 0.182. The SMILES string of the molecule is CCN(CC)S(=O)(=O)c1ccc(Oc2cccc(-c3c(Cc4ccccc4)cnc4c(C(F)(F)F)cccc34)c2)cc1. The van der Waals surface area contributed by atoms with Crippen molar-refractivity contribution in [3.63, 3.8) is 0 Å². The molecule has 1 aromatic heterocycles. The van der Waals surface area contributed by atoms with Crippen molar-refractivity contribution >= 4 is 20.9 Å². The van der Waals surface area contributed by atoms with E-state index in [1.54, 1.807) is 50.2 Å². The smallest absolute Gasteiger partial charge is 0.418 e. The highest BCUT2D eigenvalue weighted by Crippen LogP contribution is 2.40. The lowest BCUT2D eigenvalue weighted by Crippen LogP contribution is -2.30. The van der Waals surface area contributed by atoms with E-state index in [0.717, 1.165) is 17.2 Å². The maximum atomic E-state index is 13.9. The number of hydrogen-bond donors (Lipinski definition) is 0. The van der Waals surface area contributed by atoms with Crippen molar-refractivity contribution in [2.45, 2.75) is 31.3 Å². The molecule has 0 amide bonds. The van der Waals surface area contributed by atoms with Gasteiger partial charge in [0.1, 0.15) is 11.5 Å². The minimum atomic E-state index is -4.55. The molecule has 0 N–H and O–H groups in total. The molecule has 0 aliphatic carbocycles. The number of alkyl halides is 3. The Morgan fingerprint density at radius 3 is 2.17 bits per heavy atom. The molecule has 0 saturated heterocycles. The van der Waals surface area contributed by atoms with E-state index in [1.807, 2.05) is 36.4 Å². The van der Waals surface area contributed by atoms with Gasteiger partial charge in [0, 0.05) is 24.7 Å². The van der Waals surface area contributed by atoms with Gasteiger partial charge in [-0.3, -0.25) is 4.98 Å². The summed E-state index contributed by atoms with van der Waals surface area (Å²) in [6, 6.07) is 27.0. The summed E-state index contributed by atoms with van der Waals surface area (Å²) < 4.78 is 74.8. The number of fused-ring (bicyclic) bond motifs is 1. The first kappa shape index (κ1) is 29.3. The zero-order chi connectivity index (χ0) is 29.9. The quantitative estimate of drug-likeness (QED) is 0.173. The van der Waals surface area contributed by atoms with Crippen molar-refractivity contribution in [1.29, 1.82) is 0 Å². The molecule has 0 aliphatic rings. The van der Waals surface area contributed by atoms with Gasteiger partial charge in [0.2, 0.25) is 10.0 Å². The number of nitrogens with zero attached hydrogens (tertiary/aromatic N) is 2. The second-order valence-corrected chi connectivity index (χ2v) is 11.6. The van der Waals surface area contributed by atoms with Gasteiger partial charge in [-0.05, 0) is 71.1 Å². The van der Waals surface area contributed by atoms with E-state index in [-0.39, 0.29) is 10.4 Å². The van der Waals surface area contributed by atoms with Gasteiger partial charge in [0.05, 0.1) is 16.0 Å². The van der Waals surface area contributed by atoms with E-state index < -0.39 is 21.8 Å². The first-order chi connectivity index (χ1) is 20.1. The number of halogens is 3. The van der Waals surface area contributed by atoms with E-state index in [2.05, 4.69) is 4.98 Å². The molecule has 5 aromatic rings. The Hall–Kier alpha value is -4.21. The number of benzene rings is 4. The molecule has 9 heteroatoms. The molecule has 0 saturated carbocycles. The number of pyridine rings is 1. The van der Waals surface area contributed by atoms with Gasteiger partial charge >= 0.3 is 6.18 Å². The number of sulfonamides is 1. The topological polar surface area (TPSA) is 59.5 Å². The Bertz CT molecular complexity index is 1800. The van der Waals surface area contributed by atoms with Gasteiger partial charge in [-0.25, -0.2) is 8.42 Å². The molecule has 0 radical (unpaired) electrons. The molecule has 0 atom stereocenters. The van der Waals surface area contributed by atoms with Gasteiger partial charge in [-0.15, -0.1) is 0 Å². The van der Waals surface area contributed by atoms with Crippen LogP contribution in [0.25, 0.3) is 22.0 Å². The van der Waals surface area contributed by atoms with Crippen LogP contribution in [0, 0.1) is 0 Å². The maximum absolute atomic E-state index is 13.9. The Morgan fingerprint density at radius 2 is 1.50 bits per heavy atom. The third-order valence-corrected chi connectivity index (χ3v) is 9.11. The molecule has 0 bridgehead atoms. The lowest BCUT2D eigenvalue weighted by Gasteiger charge is -2.18. The summed E-state index contributed by atoms with van der Waals surface area (Å²) >= 11 is 0. The highest BCUT2D eigenvalue weighted by atomic mass is 32.2. The standard InChI is InChI=1S/C33H29F3N2O3S/c1-3-38(4-2)42(39,40)28-18-16-26(17-19-28)41-27-13-8-12-24(21-27)31-25(20-23-10-6-5-7-11-23)22-37-32-29(31)14-9-15-30(32)33(34,35)36/h5-19,21-22H,3-4,20H2,1-2H3. The third-order valence-electron chi connectivity index (χ3n) is 7.04. The van der Waals surface area contributed by atoms with Gasteiger partial charge in [0.15, 0.2) is 0 Å². The lowest BCUT2D eigenvalue weighted by molar-refractivity contribution is -0.136. The van der Waals surface area contributed by atoms with Crippen molar-refractivity contribution in [3.05, 3.63) is 120 Å². The highest BCUT2D eigenvalue weighted by molar-refractivity contribution is 7.89. The Morgan fingerprint density at radius 1 is 0.810 bits per heavy atom. The molecular formula is C33H29F3N2O3S. The molecule has 1 heterocycles. The first-order valence-electron chi connectivity index (χ1n) is 13.5. The second-order valence-electron chi connectivity index (χ2n) is 9.71. The summed E-state index contributed by atoms with van der Waals surface area (Å²) in [7, 11) is -3.61. The van der Waals surface area contributed by atoms with Crippen LogP contribution in [-0.2, 0) is 22.6 Å². The molecule has 0 unspecified atom stereocenters. The molecule has 0 aliphatic heterocycles. The Balaban J connectivity index is 1.55. The predicted molar refractivity (Wildman–Crippen MR) is 158 cm³/mol. The number of aromatic nitrogens is 1. The Labute approximate surface area is 243 Å². The molecule has 0 spiro atoms. The van der Waals surface area contributed by atoms with Crippen LogP contribution >= 0.6 is 0 Å². The van der Waals surface area contributed by atoms with Gasteiger partial charge < -0.3 is 4.74 Å². The summed E-state index contributed by atoms with van der Waals surface area (Å²) in [5, 5.41) is 0.390. The summed E-state index contributed by atoms with van der Waals surface area (Å²) in [4.78, 5) is 4.44. The molecule has 216 valence electrons. The number of hydrogen-bond acceptors (Lipinski definition) is 4. The first-order valence-corrected chi connectivity index (χ1v) is 15.0. The Kier molecular flexibility index (Phi) is 8.34. The third kappa shape index (κ3) is 6.03. The van der Waals surface area contributed by atoms with E-state index in [9.17, 15) is 21.6 Å². The monoisotopic (exact) mass is 590 g/mol. The predicted octanol–water partition coefficient (Wildman–Crippen LogP) is 8.33. The van der Waals surface area contributed by atoms with Crippen molar-refractivity contribution in [2.75, 3.05) is 13.1 Å². The van der Waals surface area contributed by atoms with Crippen LogP contribution in [0.3, 0.4) is 0 Å². The molecular weight excluding hydrogens is 561 g/mol. The summed E-state index contributed by atoms with van der Waals surface area (Å²) in [6.45, 7) is 4.30. The highest BCUT2D eigenvalue weighted by Gasteiger charge is 2.33. The molecule has 0 fully saturated rings. The van der Waals surface area contributed by atoms with Gasteiger partial charge in [0.25, 0.3) is 0 Å². The lowest BCUT2D eigenvalue weighted by atomic mass is 9.92. The molecule has 4 aromatic carbocycles. The van der Waals surface area contributed by atoms with Crippen LogP contribution in [0.5, 0.6) is 11.5 Å². The van der Waals surface area contributed by atoms with E-state index in [4.69, 9.17) is 4.74 Å². The summed E-state index contributed by atoms with van der Waals surface area (Å²) in [5.74, 6) is 0.878. The van der Waals surface area contributed by atoms with Crippen LogP contribution in [0.2, 0.25) is 0 Å². The van der Waals surface area contributed by atoms with Gasteiger partial charge in [-0.1, -0.05) is 68.4 Å². The van der Waals surface area contributed by atoms with E-state index >= 15 is 0 Å².